The van der Waals surface area contributed by atoms with Crippen molar-refractivity contribution in [2.45, 2.75) is 6.10 Å². The van der Waals surface area contributed by atoms with Gasteiger partial charge in [-0.05, 0) is 24.3 Å². The number of halogens is 2. The fraction of sp³-hybridized carbons (Fsp3) is 0.250. The minimum absolute atomic E-state index is 0.144. The number of hydrogen-bond acceptors (Lipinski definition) is 6. The van der Waals surface area contributed by atoms with Crippen LogP contribution in [0.5, 0.6) is 11.5 Å². The molecule has 0 saturated carbocycles. The van der Waals surface area contributed by atoms with Crippen LogP contribution in [0.1, 0.15) is 10.4 Å². The van der Waals surface area contributed by atoms with E-state index in [2.05, 4.69) is 10.6 Å². The Balaban J connectivity index is 1.34. The maximum atomic E-state index is 13.5. The molecule has 0 aromatic heterocycles. The molecule has 3 rings (SSSR count). The molecule has 2 aromatic carbocycles. The zero-order valence-electron chi connectivity index (χ0n) is 15.7. The predicted molar refractivity (Wildman–Crippen MR) is 99.0 cm³/mol. The smallest absolute Gasteiger partial charge is 0.325 e. The first kappa shape index (κ1) is 21.0. The Hall–Kier alpha value is -3.69. The number of nitrogens with one attached hydrogen (secondary N) is 2. The van der Waals surface area contributed by atoms with Crippen molar-refractivity contribution in [3.63, 3.8) is 0 Å². The van der Waals surface area contributed by atoms with Crippen LogP contribution < -0.4 is 20.1 Å². The summed E-state index contributed by atoms with van der Waals surface area (Å²) in [6, 6.07) is 9.55. The Morgan fingerprint density at radius 2 is 1.83 bits per heavy atom. The largest absolute Gasteiger partial charge is 0.486 e. The highest BCUT2D eigenvalue weighted by molar-refractivity contribution is 5.96. The molecule has 2 amide bonds. The SMILES string of the molecule is O=C(COC(=O)CNC(=O)c1ccc(F)cc1F)NCC1COc2ccccc2O1. The van der Waals surface area contributed by atoms with Gasteiger partial charge in [0, 0.05) is 6.07 Å². The molecule has 1 aliphatic heterocycles. The van der Waals surface area contributed by atoms with E-state index in [1.165, 1.54) is 0 Å². The number of ether oxygens (including phenoxy) is 3. The second kappa shape index (κ2) is 9.68. The molecule has 1 heterocycles. The average Bonchev–Trinajstić information content (AvgIpc) is 2.74. The van der Waals surface area contributed by atoms with E-state index in [4.69, 9.17) is 14.2 Å². The van der Waals surface area contributed by atoms with Crippen LogP contribution in [-0.2, 0) is 14.3 Å². The zero-order valence-corrected chi connectivity index (χ0v) is 15.7. The van der Waals surface area contributed by atoms with Gasteiger partial charge in [-0.15, -0.1) is 0 Å². The Kier molecular flexibility index (Phi) is 6.79. The first-order valence-electron chi connectivity index (χ1n) is 8.96. The lowest BCUT2D eigenvalue weighted by atomic mass is 10.2. The van der Waals surface area contributed by atoms with Crippen molar-refractivity contribution in [3.05, 3.63) is 59.7 Å². The van der Waals surface area contributed by atoms with Gasteiger partial charge in [-0.25, -0.2) is 8.78 Å². The summed E-state index contributed by atoms with van der Waals surface area (Å²) in [5.41, 5.74) is -0.418. The molecule has 0 spiro atoms. The summed E-state index contributed by atoms with van der Waals surface area (Å²) in [4.78, 5) is 35.3. The third-order valence-electron chi connectivity index (χ3n) is 4.03. The summed E-state index contributed by atoms with van der Waals surface area (Å²) in [6.45, 7) is -0.753. The zero-order chi connectivity index (χ0) is 21.5. The summed E-state index contributed by atoms with van der Waals surface area (Å²) >= 11 is 0. The molecule has 0 aliphatic carbocycles. The summed E-state index contributed by atoms with van der Waals surface area (Å²) in [6.07, 6.45) is -0.399. The number of amides is 2. The Labute approximate surface area is 170 Å². The first-order chi connectivity index (χ1) is 14.4. The lowest BCUT2D eigenvalue weighted by molar-refractivity contribution is -0.147. The van der Waals surface area contributed by atoms with Crippen molar-refractivity contribution in [2.75, 3.05) is 26.3 Å². The van der Waals surface area contributed by atoms with Crippen LogP contribution in [0, 0.1) is 11.6 Å². The number of para-hydroxylation sites is 2. The van der Waals surface area contributed by atoms with Gasteiger partial charge in [0.25, 0.3) is 11.8 Å². The molecule has 0 saturated heterocycles. The summed E-state index contributed by atoms with van der Waals surface area (Å²) in [7, 11) is 0. The number of carbonyl (C=O) groups is 3. The summed E-state index contributed by atoms with van der Waals surface area (Å²) < 4.78 is 42.3. The van der Waals surface area contributed by atoms with E-state index in [1.54, 1.807) is 18.2 Å². The molecular weight excluding hydrogens is 402 g/mol. The number of benzene rings is 2. The van der Waals surface area contributed by atoms with Gasteiger partial charge >= 0.3 is 5.97 Å². The van der Waals surface area contributed by atoms with Crippen LogP contribution >= 0.6 is 0 Å². The highest BCUT2D eigenvalue weighted by Gasteiger charge is 2.21. The molecule has 2 N–H and O–H groups in total. The van der Waals surface area contributed by atoms with Gasteiger partial charge in [0.2, 0.25) is 0 Å². The summed E-state index contributed by atoms with van der Waals surface area (Å²) in [5.74, 6) is -3.07. The molecule has 0 fully saturated rings. The lowest BCUT2D eigenvalue weighted by Crippen LogP contribution is -2.42. The monoisotopic (exact) mass is 420 g/mol. The molecule has 1 atom stereocenters. The minimum Gasteiger partial charge on any atom is -0.486 e. The van der Waals surface area contributed by atoms with Crippen LogP contribution in [0.25, 0.3) is 0 Å². The number of rotatable bonds is 7. The van der Waals surface area contributed by atoms with Crippen LogP contribution in [0.3, 0.4) is 0 Å². The standard InChI is InChI=1S/C20H18F2N2O6/c21-12-5-6-14(15(22)7-12)20(27)24-9-19(26)29-11-18(25)23-8-13-10-28-16-3-1-2-4-17(16)30-13/h1-7,13H,8-11H2,(H,23,25)(H,24,27). The van der Waals surface area contributed by atoms with Crippen molar-refractivity contribution in [1.29, 1.82) is 0 Å². The molecular formula is C20H18F2N2O6. The fourth-order valence-electron chi connectivity index (χ4n) is 2.56. The highest BCUT2D eigenvalue weighted by atomic mass is 19.1. The number of esters is 1. The summed E-state index contributed by atoms with van der Waals surface area (Å²) in [5, 5.41) is 4.68. The van der Waals surface area contributed by atoms with E-state index in [0.717, 1.165) is 12.1 Å². The maximum Gasteiger partial charge on any atom is 0.325 e. The molecule has 30 heavy (non-hydrogen) atoms. The molecule has 2 aromatic rings. The normalized spacial score (nSPS) is 14.5. The number of carbonyl (C=O) groups excluding carboxylic acids is 3. The van der Waals surface area contributed by atoms with Crippen LogP contribution in [0.2, 0.25) is 0 Å². The third kappa shape index (κ3) is 5.66. The van der Waals surface area contributed by atoms with Crippen LogP contribution in [0.4, 0.5) is 8.78 Å². The van der Waals surface area contributed by atoms with Crippen LogP contribution in [-0.4, -0.2) is 50.2 Å². The van der Waals surface area contributed by atoms with Crippen LogP contribution in [0.15, 0.2) is 42.5 Å². The second-order valence-corrected chi connectivity index (χ2v) is 6.27. The molecule has 1 unspecified atom stereocenters. The predicted octanol–water partition coefficient (Wildman–Crippen LogP) is 1.19. The van der Waals surface area contributed by atoms with Gasteiger partial charge in [-0.1, -0.05) is 12.1 Å². The number of hydrogen-bond donors (Lipinski definition) is 2. The van der Waals surface area contributed by atoms with E-state index in [1.807, 2.05) is 6.07 Å². The molecule has 0 bridgehead atoms. The van der Waals surface area contributed by atoms with E-state index in [9.17, 15) is 23.2 Å². The molecule has 0 radical (unpaired) electrons. The lowest BCUT2D eigenvalue weighted by Gasteiger charge is -2.26. The van der Waals surface area contributed by atoms with E-state index >= 15 is 0 Å². The van der Waals surface area contributed by atoms with Gasteiger partial charge in [0.05, 0.1) is 12.1 Å². The van der Waals surface area contributed by atoms with E-state index < -0.39 is 54.2 Å². The molecule has 158 valence electrons. The molecule has 1 aliphatic rings. The van der Waals surface area contributed by atoms with Crippen molar-refractivity contribution < 1.29 is 37.4 Å². The van der Waals surface area contributed by atoms with Crippen molar-refractivity contribution in [3.8, 4) is 11.5 Å². The van der Waals surface area contributed by atoms with Gasteiger partial charge in [-0.3, -0.25) is 14.4 Å². The average molecular weight is 420 g/mol. The van der Waals surface area contributed by atoms with E-state index in [-0.39, 0.29) is 13.2 Å². The Morgan fingerprint density at radius 3 is 2.60 bits per heavy atom. The fourth-order valence-corrected chi connectivity index (χ4v) is 2.56. The third-order valence-corrected chi connectivity index (χ3v) is 4.03. The second-order valence-electron chi connectivity index (χ2n) is 6.27. The Bertz CT molecular complexity index is 953. The number of fused-ring (bicyclic) bond motifs is 1. The minimum atomic E-state index is -1.06. The van der Waals surface area contributed by atoms with Crippen molar-refractivity contribution in [2.24, 2.45) is 0 Å². The van der Waals surface area contributed by atoms with Gasteiger partial charge in [-0.2, -0.15) is 0 Å². The quantitative estimate of drug-likeness (QED) is 0.653. The highest BCUT2D eigenvalue weighted by Crippen LogP contribution is 2.30. The van der Waals surface area contributed by atoms with Gasteiger partial charge in [0.15, 0.2) is 18.1 Å². The van der Waals surface area contributed by atoms with Crippen molar-refractivity contribution >= 4 is 17.8 Å². The first-order valence-corrected chi connectivity index (χ1v) is 8.96. The topological polar surface area (TPSA) is 103 Å². The van der Waals surface area contributed by atoms with Gasteiger partial charge in [0.1, 0.15) is 30.9 Å². The van der Waals surface area contributed by atoms with Gasteiger partial charge < -0.3 is 24.8 Å². The molecule has 8 nitrogen and oxygen atoms in total. The van der Waals surface area contributed by atoms with E-state index in [0.29, 0.717) is 17.6 Å². The maximum absolute atomic E-state index is 13.5. The molecule has 10 heteroatoms. The van der Waals surface area contributed by atoms with Crippen molar-refractivity contribution in [1.82, 2.24) is 10.6 Å². The Morgan fingerprint density at radius 1 is 1.07 bits per heavy atom.